The number of methoxy groups -OCH3 is 1. The normalized spacial score (nSPS) is 23.2. The predicted octanol–water partition coefficient (Wildman–Crippen LogP) is 1.22. The van der Waals surface area contributed by atoms with Crippen LogP contribution in [0.2, 0.25) is 0 Å². The van der Waals surface area contributed by atoms with Crippen LogP contribution in [0.5, 0.6) is 11.5 Å². The molecular weight excluding hydrogens is 244 g/mol. The maximum absolute atomic E-state index is 12.6. The lowest BCUT2D eigenvalue weighted by Gasteiger charge is -2.39. The van der Waals surface area contributed by atoms with Gasteiger partial charge >= 0.3 is 0 Å². The molecule has 1 aromatic rings. The van der Waals surface area contributed by atoms with Gasteiger partial charge in [0.15, 0.2) is 0 Å². The standard InChI is InChI=1S/C14H20N2O3/c1-9-7-15-8-10(2)16(9)14(18)12-6-11(19-3)4-5-13(12)17/h4-6,9-10,15,17H,7-8H2,1-3H3. The number of rotatable bonds is 2. The Balaban J connectivity index is 2.32. The van der Waals surface area contributed by atoms with Crippen LogP contribution in [0.4, 0.5) is 0 Å². The molecule has 0 radical (unpaired) electrons. The second-order valence-corrected chi connectivity index (χ2v) is 4.95. The summed E-state index contributed by atoms with van der Waals surface area (Å²) in [7, 11) is 1.54. The van der Waals surface area contributed by atoms with Crippen molar-refractivity contribution in [3.05, 3.63) is 23.8 Å². The van der Waals surface area contributed by atoms with Crippen LogP contribution in [0.1, 0.15) is 24.2 Å². The van der Waals surface area contributed by atoms with Crippen LogP contribution in [0.3, 0.4) is 0 Å². The number of hydrogen-bond donors (Lipinski definition) is 2. The van der Waals surface area contributed by atoms with Gasteiger partial charge in [-0.05, 0) is 32.0 Å². The largest absolute Gasteiger partial charge is 0.507 e. The summed E-state index contributed by atoms with van der Waals surface area (Å²) in [6, 6.07) is 4.91. The highest BCUT2D eigenvalue weighted by atomic mass is 16.5. The molecule has 2 N–H and O–H groups in total. The summed E-state index contributed by atoms with van der Waals surface area (Å²) in [6.07, 6.45) is 0. The quantitative estimate of drug-likeness (QED) is 0.843. The Bertz CT molecular complexity index is 466. The molecule has 0 saturated carbocycles. The summed E-state index contributed by atoms with van der Waals surface area (Å²) in [6.45, 7) is 5.52. The number of nitrogens with one attached hydrogen (secondary N) is 1. The topological polar surface area (TPSA) is 61.8 Å². The number of phenols is 1. The number of benzene rings is 1. The molecule has 1 aliphatic heterocycles. The van der Waals surface area contributed by atoms with Crippen molar-refractivity contribution in [2.24, 2.45) is 0 Å². The average molecular weight is 264 g/mol. The van der Waals surface area contributed by atoms with E-state index >= 15 is 0 Å². The maximum Gasteiger partial charge on any atom is 0.258 e. The third-order valence-electron chi connectivity index (χ3n) is 3.50. The second kappa shape index (κ2) is 5.48. The van der Waals surface area contributed by atoms with Gasteiger partial charge in [0.1, 0.15) is 11.5 Å². The molecule has 2 unspecified atom stereocenters. The van der Waals surface area contributed by atoms with Gasteiger partial charge in [-0.1, -0.05) is 0 Å². The molecule has 1 heterocycles. The fraction of sp³-hybridized carbons (Fsp3) is 0.500. The molecule has 5 nitrogen and oxygen atoms in total. The lowest BCUT2D eigenvalue weighted by molar-refractivity contribution is 0.0541. The van der Waals surface area contributed by atoms with Gasteiger partial charge in [-0.15, -0.1) is 0 Å². The molecule has 1 saturated heterocycles. The van der Waals surface area contributed by atoms with E-state index < -0.39 is 0 Å². The Morgan fingerprint density at radius 2 is 2.00 bits per heavy atom. The van der Waals surface area contributed by atoms with Gasteiger partial charge in [0.2, 0.25) is 0 Å². The Morgan fingerprint density at radius 3 is 2.58 bits per heavy atom. The summed E-state index contributed by atoms with van der Waals surface area (Å²) < 4.78 is 5.11. The zero-order chi connectivity index (χ0) is 14.0. The van der Waals surface area contributed by atoms with Crippen LogP contribution >= 0.6 is 0 Å². The number of aromatic hydroxyl groups is 1. The zero-order valence-corrected chi connectivity index (χ0v) is 11.5. The van der Waals surface area contributed by atoms with Crippen molar-refractivity contribution in [3.63, 3.8) is 0 Å². The molecule has 104 valence electrons. The number of carbonyl (C=O) groups excluding carboxylic acids is 1. The molecule has 2 atom stereocenters. The fourth-order valence-electron chi connectivity index (χ4n) is 2.49. The first-order valence-corrected chi connectivity index (χ1v) is 6.45. The minimum absolute atomic E-state index is 0.0104. The Morgan fingerprint density at radius 1 is 1.37 bits per heavy atom. The summed E-state index contributed by atoms with van der Waals surface area (Å²) in [5.74, 6) is 0.401. The smallest absolute Gasteiger partial charge is 0.258 e. The third kappa shape index (κ3) is 2.66. The van der Waals surface area contributed by atoms with Crippen molar-refractivity contribution >= 4 is 5.91 Å². The van der Waals surface area contributed by atoms with Gasteiger partial charge in [0.05, 0.1) is 12.7 Å². The molecule has 5 heteroatoms. The average Bonchev–Trinajstić information content (AvgIpc) is 2.39. The summed E-state index contributed by atoms with van der Waals surface area (Å²) in [5.41, 5.74) is 0.292. The number of hydrogen-bond acceptors (Lipinski definition) is 4. The number of amides is 1. The van der Waals surface area contributed by atoms with E-state index in [0.29, 0.717) is 11.3 Å². The first kappa shape index (κ1) is 13.7. The summed E-state index contributed by atoms with van der Waals surface area (Å²) >= 11 is 0. The van der Waals surface area contributed by atoms with Crippen LogP contribution in [-0.2, 0) is 0 Å². The minimum Gasteiger partial charge on any atom is -0.507 e. The Hall–Kier alpha value is -1.75. The van der Waals surface area contributed by atoms with Crippen LogP contribution in [0.15, 0.2) is 18.2 Å². The molecule has 1 amide bonds. The highest BCUT2D eigenvalue weighted by Gasteiger charge is 2.30. The molecule has 2 rings (SSSR count). The van der Waals surface area contributed by atoms with E-state index in [2.05, 4.69) is 5.32 Å². The fourth-order valence-corrected chi connectivity index (χ4v) is 2.49. The zero-order valence-electron chi connectivity index (χ0n) is 11.5. The first-order chi connectivity index (χ1) is 9.04. The molecular formula is C14H20N2O3. The molecule has 0 bridgehead atoms. The van der Waals surface area contributed by atoms with Crippen LogP contribution in [0, 0.1) is 0 Å². The van der Waals surface area contributed by atoms with E-state index in [1.165, 1.54) is 13.2 Å². The summed E-state index contributed by atoms with van der Waals surface area (Å²) in [5, 5.41) is 13.2. The number of phenolic OH excluding ortho intramolecular Hbond substituents is 1. The third-order valence-corrected chi connectivity index (χ3v) is 3.50. The van der Waals surface area contributed by atoms with Crippen molar-refractivity contribution in [3.8, 4) is 11.5 Å². The van der Waals surface area contributed by atoms with Gasteiger partial charge in [0.25, 0.3) is 5.91 Å². The predicted molar refractivity (Wildman–Crippen MR) is 72.6 cm³/mol. The van der Waals surface area contributed by atoms with E-state index in [4.69, 9.17) is 4.74 Å². The number of carbonyl (C=O) groups is 1. The van der Waals surface area contributed by atoms with Crippen molar-refractivity contribution in [2.45, 2.75) is 25.9 Å². The highest BCUT2D eigenvalue weighted by molar-refractivity contribution is 5.97. The van der Waals surface area contributed by atoms with Gasteiger partial charge < -0.3 is 20.1 Å². The molecule has 0 spiro atoms. The van der Waals surface area contributed by atoms with Gasteiger partial charge in [-0.25, -0.2) is 0 Å². The van der Waals surface area contributed by atoms with Crippen LogP contribution < -0.4 is 10.1 Å². The number of ether oxygens (including phenoxy) is 1. The molecule has 1 fully saturated rings. The van der Waals surface area contributed by atoms with E-state index in [1.807, 2.05) is 18.7 Å². The van der Waals surface area contributed by atoms with E-state index in [9.17, 15) is 9.90 Å². The van der Waals surface area contributed by atoms with E-state index in [0.717, 1.165) is 13.1 Å². The van der Waals surface area contributed by atoms with Gasteiger partial charge in [-0.2, -0.15) is 0 Å². The van der Waals surface area contributed by atoms with Gasteiger partial charge in [-0.3, -0.25) is 4.79 Å². The monoisotopic (exact) mass is 264 g/mol. The van der Waals surface area contributed by atoms with Crippen LogP contribution in [-0.4, -0.2) is 48.2 Å². The van der Waals surface area contributed by atoms with Gasteiger partial charge in [0, 0.05) is 25.2 Å². The minimum atomic E-state index is -0.155. The lowest BCUT2D eigenvalue weighted by Crippen LogP contribution is -2.57. The molecule has 1 aromatic carbocycles. The second-order valence-electron chi connectivity index (χ2n) is 4.95. The Kier molecular flexibility index (Phi) is 3.95. The van der Waals surface area contributed by atoms with Crippen molar-refractivity contribution in [1.82, 2.24) is 10.2 Å². The molecule has 1 aliphatic rings. The number of piperazine rings is 1. The van der Waals surface area contributed by atoms with E-state index in [-0.39, 0.29) is 23.7 Å². The Labute approximate surface area is 113 Å². The molecule has 0 aliphatic carbocycles. The SMILES string of the molecule is COc1ccc(O)c(C(=O)N2C(C)CNCC2C)c1. The lowest BCUT2D eigenvalue weighted by atomic mass is 10.1. The number of nitrogens with zero attached hydrogens (tertiary/aromatic N) is 1. The first-order valence-electron chi connectivity index (χ1n) is 6.45. The summed E-state index contributed by atoms with van der Waals surface area (Å²) in [4.78, 5) is 14.4. The molecule has 19 heavy (non-hydrogen) atoms. The van der Waals surface area contributed by atoms with E-state index in [1.54, 1.807) is 12.1 Å². The van der Waals surface area contributed by atoms with Crippen molar-refractivity contribution in [1.29, 1.82) is 0 Å². The van der Waals surface area contributed by atoms with Crippen LogP contribution in [0.25, 0.3) is 0 Å². The van der Waals surface area contributed by atoms with Crippen molar-refractivity contribution < 1.29 is 14.6 Å². The van der Waals surface area contributed by atoms with Crippen molar-refractivity contribution in [2.75, 3.05) is 20.2 Å². The molecule has 0 aromatic heterocycles. The maximum atomic E-state index is 12.6. The highest BCUT2D eigenvalue weighted by Crippen LogP contribution is 2.26.